The standard InChI is InChI=1S/C15H22N4O2/c1-3-20-13-6-4-5-7-14(13)21-11-10-16-9-8-15-18-17-12-19(15)2/h4-7,12,16H,3,8-11H2,1-2H3. The van der Waals surface area contributed by atoms with Gasteiger partial charge in [-0.3, -0.25) is 0 Å². The number of hydrogen-bond donors (Lipinski definition) is 1. The Morgan fingerprint density at radius 3 is 2.57 bits per heavy atom. The van der Waals surface area contributed by atoms with E-state index in [1.54, 1.807) is 6.33 Å². The van der Waals surface area contributed by atoms with Gasteiger partial charge in [0.25, 0.3) is 0 Å². The average Bonchev–Trinajstić information content (AvgIpc) is 2.90. The molecule has 2 rings (SSSR count). The highest BCUT2D eigenvalue weighted by Gasteiger charge is 2.03. The third-order valence-corrected chi connectivity index (χ3v) is 3.02. The summed E-state index contributed by atoms with van der Waals surface area (Å²) in [5, 5.41) is 11.2. The van der Waals surface area contributed by atoms with E-state index < -0.39 is 0 Å². The quantitative estimate of drug-likeness (QED) is 0.708. The lowest BCUT2D eigenvalue weighted by Crippen LogP contribution is -2.24. The van der Waals surface area contributed by atoms with Crippen LogP contribution in [0.2, 0.25) is 0 Å². The number of rotatable bonds is 9. The van der Waals surface area contributed by atoms with E-state index in [0.717, 1.165) is 36.8 Å². The highest BCUT2D eigenvalue weighted by Crippen LogP contribution is 2.25. The van der Waals surface area contributed by atoms with Gasteiger partial charge in [-0.15, -0.1) is 10.2 Å². The lowest BCUT2D eigenvalue weighted by atomic mass is 10.3. The molecular formula is C15H22N4O2. The van der Waals surface area contributed by atoms with E-state index in [1.165, 1.54) is 0 Å². The SMILES string of the molecule is CCOc1ccccc1OCCNCCc1nncn1C. The van der Waals surface area contributed by atoms with Crippen LogP contribution in [0.4, 0.5) is 0 Å². The number of aromatic nitrogens is 3. The predicted molar refractivity (Wildman–Crippen MR) is 80.7 cm³/mol. The molecule has 0 fully saturated rings. The summed E-state index contributed by atoms with van der Waals surface area (Å²) >= 11 is 0. The van der Waals surface area contributed by atoms with Gasteiger partial charge >= 0.3 is 0 Å². The van der Waals surface area contributed by atoms with Gasteiger partial charge in [-0.25, -0.2) is 0 Å². The van der Waals surface area contributed by atoms with E-state index in [-0.39, 0.29) is 0 Å². The molecule has 1 aromatic heterocycles. The zero-order chi connectivity index (χ0) is 14.9. The molecule has 21 heavy (non-hydrogen) atoms. The van der Waals surface area contributed by atoms with Gasteiger partial charge < -0.3 is 19.4 Å². The van der Waals surface area contributed by atoms with Gasteiger partial charge in [-0.05, 0) is 19.1 Å². The normalized spacial score (nSPS) is 10.6. The van der Waals surface area contributed by atoms with Crippen molar-refractivity contribution >= 4 is 0 Å². The Hall–Kier alpha value is -2.08. The Balaban J connectivity index is 1.65. The number of ether oxygens (including phenoxy) is 2. The number of hydrogen-bond acceptors (Lipinski definition) is 5. The van der Waals surface area contributed by atoms with Crippen LogP contribution in [-0.4, -0.2) is 41.1 Å². The number of nitrogens with zero attached hydrogens (tertiary/aromatic N) is 3. The predicted octanol–water partition coefficient (Wildman–Crippen LogP) is 1.42. The lowest BCUT2D eigenvalue weighted by molar-refractivity contribution is 0.276. The molecule has 0 aliphatic carbocycles. The van der Waals surface area contributed by atoms with Gasteiger partial charge in [0.2, 0.25) is 0 Å². The van der Waals surface area contributed by atoms with Crippen LogP contribution in [0.25, 0.3) is 0 Å². The van der Waals surface area contributed by atoms with E-state index >= 15 is 0 Å². The first kappa shape index (κ1) is 15.3. The smallest absolute Gasteiger partial charge is 0.161 e. The molecule has 6 nitrogen and oxygen atoms in total. The Labute approximate surface area is 125 Å². The molecule has 1 heterocycles. The monoisotopic (exact) mass is 290 g/mol. The molecule has 0 bridgehead atoms. The lowest BCUT2D eigenvalue weighted by Gasteiger charge is -2.11. The molecule has 0 aliphatic rings. The van der Waals surface area contributed by atoms with Crippen molar-refractivity contribution in [3.8, 4) is 11.5 Å². The van der Waals surface area contributed by atoms with Gasteiger partial charge in [0.05, 0.1) is 6.61 Å². The van der Waals surface area contributed by atoms with Gasteiger partial charge in [-0.1, -0.05) is 12.1 Å². The molecule has 0 unspecified atom stereocenters. The van der Waals surface area contributed by atoms with Gasteiger partial charge in [0.1, 0.15) is 18.8 Å². The Bertz CT molecular complexity index is 542. The van der Waals surface area contributed by atoms with Crippen molar-refractivity contribution in [1.29, 1.82) is 0 Å². The summed E-state index contributed by atoms with van der Waals surface area (Å²) in [6.07, 6.45) is 2.56. The molecule has 0 amide bonds. The van der Waals surface area contributed by atoms with E-state index in [2.05, 4.69) is 15.5 Å². The summed E-state index contributed by atoms with van der Waals surface area (Å²) in [7, 11) is 1.95. The minimum atomic E-state index is 0.600. The van der Waals surface area contributed by atoms with E-state index in [1.807, 2.05) is 42.8 Å². The number of benzene rings is 1. The molecule has 0 spiro atoms. The number of nitrogens with one attached hydrogen (secondary N) is 1. The second-order valence-corrected chi connectivity index (χ2v) is 4.59. The van der Waals surface area contributed by atoms with Gasteiger partial charge in [0, 0.05) is 26.6 Å². The Morgan fingerprint density at radius 2 is 1.90 bits per heavy atom. The largest absolute Gasteiger partial charge is 0.490 e. The first-order valence-corrected chi connectivity index (χ1v) is 7.19. The molecule has 0 aliphatic heterocycles. The van der Waals surface area contributed by atoms with Crippen molar-refractivity contribution in [3.63, 3.8) is 0 Å². The summed E-state index contributed by atoms with van der Waals surface area (Å²) < 4.78 is 13.2. The van der Waals surface area contributed by atoms with E-state index in [0.29, 0.717) is 13.2 Å². The molecule has 0 radical (unpaired) electrons. The summed E-state index contributed by atoms with van der Waals surface area (Å²) in [6, 6.07) is 7.72. The third kappa shape index (κ3) is 4.75. The molecule has 0 atom stereocenters. The molecule has 1 N–H and O–H groups in total. The fourth-order valence-electron chi connectivity index (χ4n) is 1.94. The minimum absolute atomic E-state index is 0.600. The van der Waals surface area contributed by atoms with Crippen molar-refractivity contribution < 1.29 is 9.47 Å². The zero-order valence-electron chi connectivity index (χ0n) is 12.6. The minimum Gasteiger partial charge on any atom is -0.490 e. The maximum Gasteiger partial charge on any atom is 0.161 e. The molecular weight excluding hydrogens is 268 g/mol. The second kappa shape index (κ2) is 8.26. The average molecular weight is 290 g/mol. The Kier molecular flexibility index (Phi) is 6.02. The molecule has 0 saturated carbocycles. The maximum absolute atomic E-state index is 5.73. The highest BCUT2D eigenvalue weighted by molar-refractivity contribution is 5.39. The topological polar surface area (TPSA) is 61.2 Å². The molecule has 114 valence electrons. The van der Waals surface area contributed by atoms with Crippen LogP contribution >= 0.6 is 0 Å². The fourth-order valence-corrected chi connectivity index (χ4v) is 1.94. The number of para-hydroxylation sites is 2. The number of aryl methyl sites for hydroxylation is 1. The van der Waals surface area contributed by atoms with Gasteiger partial charge in [-0.2, -0.15) is 0 Å². The van der Waals surface area contributed by atoms with E-state index in [9.17, 15) is 0 Å². The molecule has 0 saturated heterocycles. The van der Waals surface area contributed by atoms with E-state index in [4.69, 9.17) is 9.47 Å². The molecule has 1 aromatic carbocycles. The van der Waals surface area contributed by atoms with Crippen LogP contribution in [0.5, 0.6) is 11.5 Å². The highest BCUT2D eigenvalue weighted by atomic mass is 16.5. The van der Waals surface area contributed by atoms with Crippen molar-refractivity contribution in [2.24, 2.45) is 7.05 Å². The van der Waals surface area contributed by atoms with Gasteiger partial charge in [0.15, 0.2) is 11.5 Å². The van der Waals surface area contributed by atoms with Crippen molar-refractivity contribution in [1.82, 2.24) is 20.1 Å². The maximum atomic E-state index is 5.73. The van der Waals surface area contributed by atoms with Crippen LogP contribution in [0.15, 0.2) is 30.6 Å². The van der Waals surface area contributed by atoms with Crippen LogP contribution in [0, 0.1) is 0 Å². The van der Waals surface area contributed by atoms with Crippen LogP contribution in [-0.2, 0) is 13.5 Å². The summed E-state index contributed by atoms with van der Waals surface area (Å²) in [6.45, 7) is 4.82. The van der Waals surface area contributed by atoms with Crippen molar-refractivity contribution in [2.75, 3.05) is 26.3 Å². The first-order chi connectivity index (χ1) is 10.3. The van der Waals surface area contributed by atoms with Crippen LogP contribution < -0.4 is 14.8 Å². The second-order valence-electron chi connectivity index (χ2n) is 4.59. The van der Waals surface area contributed by atoms with Crippen LogP contribution in [0.3, 0.4) is 0 Å². The molecule has 2 aromatic rings. The van der Waals surface area contributed by atoms with Crippen LogP contribution in [0.1, 0.15) is 12.7 Å². The summed E-state index contributed by atoms with van der Waals surface area (Å²) in [4.78, 5) is 0. The van der Waals surface area contributed by atoms with Crippen molar-refractivity contribution in [3.05, 3.63) is 36.4 Å². The van der Waals surface area contributed by atoms with Crippen molar-refractivity contribution in [2.45, 2.75) is 13.3 Å². The zero-order valence-corrected chi connectivity index (χ0v) is 12.6. The third-order valence-electron chi connectivity index (χ3n) is 3.02. The molecule has 6 heteroatoms. The summed E-state index contributed by atoms with van der Waals surface area (Å²) in [5.74, 6) is 2.55. The first-order valence-electron chi connectivity index (χ1n) is 7.19. The summed E-state index contributed by atoms with van der Waals surface area (Å²) in [5.41, 5.74) is 0. The fraction of sp³-hybridized carbons (Fsp3) is 0.467. The Morgan fingerprint density at radius 1 is 1.14 bits per heavy atom.